The third kappa shape index (κ3) is 6.60. The standard InChI is InChI=1S/C17H27N3O2S/c1-13-9-11-23-15(13)12-19-16(21)8-5-10-18-17(22)20-14-6-3-2-4-7-14/h9,11,14H,2-8,10,12H2,1H3,(H,19,21)(H2,18,20,22). The number of urea groups is 1. The van der Waals surface area contributed by atoms with E-state index in [2.05, 4.69) is 22.0 Å². The largest absolute Gasteiger partial charge is 0.351 e. The molecule has 3 N–H and O–H groups in total. The molecule has 0 bridgehead atoms. The van der Waals surface area contributed by atoms with Crippen LogP contribution >= 0.6 is 11.3 Å². The molecule has 5 nitrogen and oxygen atoms in total. The topological polar surface area (TPSA) is 70.2 Å². The van der Waals surface area contributed by atoms with Crippen molar-refractivity contribution >= 4 is 23.3 Å². The van der Waals surface area contributed by atoms with Crippen molar-refractivity contribution in [2.45, 2.75) is 64.5 Å². The van der Waals surface area contributed by atoms with Crippen molar-refractivity contribution in [3.63, 3.8) is 0 Å². The minimum absolute atomic E-state index is 0.0345. The maximum absolute atomic E-state index is 11.8. The van der Waals surface area contributed by atoms with Gasteiger partial charge < -0.3 is 16.0 Å². The highest BCUT2D eigenvalue weighted by Crippen LogP contribution is 2.17. The Morgan fingerprint density at radius 3 is 2.70 bits per heavy atom. The third-order valence-electron chi connectivity index (χ3n) is 4.22. The first-order valence-corrected chi connectivity index (χ1v) is 9.37. The van der Waals surface area contributed by atoms with Gasteiger partial charge in [0.1, 0.15) is 0 Å². The van der Waals surface area contributed by atoms with Crippen LogP contribution in [0.3, 0.4) is 0 Å². The van der Waals surface area contributed by atoms with Crippen LogP contribution in [0, 0.1) is 6.92 Å². The third-order valence-corrected chi connectivity index (χ3v) is 5.24. The number of hydrogen-bond donors (Lipinski definition) is 3. The molecule has 1 aliphatic carbocycles. The van der Waals surface area contributed by atoms with Gasteiger partial charge in [-0.15, -0.1) is 11.3 Å². The second-order valence-electron chi connectivity index (χ2n) is 6.14. The van der Waals surface area contributed by atoms with Crippen LogP contribution in [0.4, 0.5) is 4.79 Å². The zero-order valence-corrected chi connectivity index (χ0v) is 14.6. The molecule has 0 unspecified atom stereocenters. The van der Waals surface area contributed by atoms with Gasteiger partial charge in [-0.25, -0.2) is 4.79 Å². The lowest BCUT2D eigenvalue weighted by Crippen LogP contribution is -2.43. The highest BCUT2D eigenvalue weighted by atomic mass is 32.1. The van der Waals surface area contributed by atoms with Gasteiger partial charge in [0.05, 0.1) is 6.54 Å². The number of nitrogens with one attached hydrogen (secondary N) is 3. The molecule has 1 aliphatic rings. The van der Waals surface area contributed by atoms with Crippen molar-refractivity contribution < 1.29 is 9.59 Å². The van der Waals surface area contributed by atoms with E-state index in [4.69, 9.17) is 0 Å². The van der Waals surface area contributed by atoms with Gasteiger partial charge in [-0.1, -0.05) is 19.3 Å². The van der Waals surface area contributed by atoms with Crippen LogP contribution in [0.15, 0.2) is 11.4 Å². The number of hydrogen-bond acceptors (Lipinski definition) is 3. The summed E-state index contributed by atoms with van der Waals surface area (Å²) in [6.45, 7) is 3.18. The average Bonchev–Trinajstić information content (AvgIpc) is 2.96. The maximum Gasteiger partial charge on any atom is 0.315 e. The van der Waals surface area contributed by atoms with E-state index in [-0.39, 0.29) is 11.9 Å². The number of aryl methyl sites for hydroxylation is 1. The molecule has 6 heteroatoms. The zero-order chi connectivity index (χ0) is 16.5. The Morgan fingerprint density at radius 2 is 2.00 bits per heavy atom. The van der Waals surface area contributed by atoms with Crippen molar-refractivity contribution in [3.05, 3.63) is 21.9 Å². The van der Waals surface area contributed by atoms with Crippen molar-refractivity contribution in [2.75, 3.05) is 6.54 Å². The second kappa shape index (κ2) is 9.55. The van der Waals surface area contributed by atoms with Gasteiger partial charge in [-0.05, 0) is 43.2 Å². The minimum Gasteiger partial charge on any atom is -0.351 e. The smallest absolute Gasteiger partial charge is 0.315 e. The molecule has 0 aromatic carbocycles. The molecule has 1 heterocycles. The van der Waals surface area contributed by atoms with E-state index < -0.39 is 0 Å². The Balaban J connectivity index is 1.51. The Bertz CT molecular complexity index is 510. The van der Waals surface area contributed by atoms with E-state index in [1.165, 1.54) is 29.7 Å². The number of thiophene rings is 1. The van der Waals surface area contributed by atoms with E-state index in [0.717, 1.165) is 12.8 Å². The summed E-state index contributed by atoms with van der Waals surface area (Å²) in [5.74, 6) is 0.0345. The van der Waals surface area contributed by atoms with Gasteiger partial charge >= 0.3 is 6.03 Å². The lowest BCUT2D eigenvalue weighted by molar-refractivity contribution is -0.121. The fourth-order valence-corrected chi connectivity index (χ4v) is 3.63. The summed E-state index contributed by atoms with van der Waals surface area (Å²) in [6.07, 6.45) is 6.95. The summed E-state index contributed by atoms with van der Waals surface area (Å²) in [6, 6.07) is 2.27. The molecule has 0 spiro atoms. The Kier molecular flexibility index (Phi) is 7.39. The first-order valence-electron chi connectivity index (χ1n) is 8.49. The van der Waals surface area contributed by atoms with Crippen molar-refractivity contribution in [3.8, 4) is 0 Å². The predicted octanol–water partition coefficient (Wildman–Crippen LogP) is 3.08. The normalized spacial score (nSPS) is 15.2. The molecule has 128 valence electrons. The molecule has 1 saturated carbocycles. The highest BCUT2D eigenvalue weighted by Gasteiger charge is 2.15. The Labute approximate surface area is 142 Å². The summed E-state index contributed by atoms with van der Waals surface area (Å²) in [5, 5.41) is 10.8. The van der Waals surface area contributed by atoms with E-state index >= 15 is 0 Å². The molecule has 0 saturated heterocycles. The van der Waals surface area contributed by atoms with E-state index in [9.17, 15) is 9.59 Å². The van der Waals surface area contributed by atoms with Crippen LogP contribution in [0.5, 0.6) is 0 Å². The van der Waals surface area contributed by atoms with Crippen LogP contribution in [0.25, 0.3) is 0 Å². The predicted molar refractivity (Wildman–Crippen MR) is 93.5 cm³/mol. The molecule has 3 amide bonds. The quantitative estimate of drug-likeness (QED) is 0.669. The zero-order valence-electron chi connectivity index (χ0n) is 13.8. The number of carbonyl (C=O) groups is 2. The first kappa shape index (κ1) is 17.8. The fourth-order valence-electron chi connectivity index (χ4n) is 2.79. The van der Waals surface area contributed by atoms with Crippen LogP contribution in [0.1, 0.15) is 55.4 Å². The second-order valence-corrected chi connectivity index (χ2v) is 7.14. The first-order chi connectivity index (χ1) is 11.1. The lowest BCUT2D eigenvalue weighted by atomic mass is 9.96. The number of rotatable bonds is 7. The minimum atomic E-state index is -0.105. The number of amides is 3. The Hall–Kier alpha value is -1.56. The van der Waals surface area contributed by atoms with Gasteiger partial charge in [0.2, 0.25) is 5.91 Å². The monoisotopic (exact) mass is 337 g/mol. The molecule has 23 heavy (non-hydrogen) atoms. The maximum atomic E-state index is 11.8. The summed E-state index contributed by atoms with van der Waals surface area (Å²) >= 11 is 1.66. The molecule has 1 aromatic heterocycles. The Morgan fingerprint density at radius 1 is 1.22 bits per heavy atom. The molecular weight excluding hydrogens is 310 g/mol. The van der Waals surface area contributed by atoms with Crippen LogP contribution in [0.2, 0.25) is 0 Å². The van der Waals surface area contributed by atoms with Crippen molar-refractivity contribution in [1.82, 2.24) is 16.0 Å². The lowest BCUT2D eigenvalue weighted by Gasteiger charge is -2.22. The van der Waals surface area contributed by atoms with E-state index in [1.807, 2.05) is 12.3 Å². The molecular formula is C17H27N3O2S. The van der Waals surface area contributed by atoms with E-state index in [0.29, 0.717) is 32.0 Å². The highest BCUT2D eigenvalue weighted by molar-refractivity contribution is 7.10. The van der Waals surface area contributed by atoms with Gasteiger partial charge in [-0.3, -0.25) is 4.79 Å². The molecule has 1 aromatic rings. The summed E-state index contributed by atoms with van der Waals surface area (Å²) in [5.41, 5.74) is 1.22. The van der Waals surface area contributed by atoms with E-state index in [1.54, 1.807) is 11.3 Å². The molecule has 1 fully saturated rings. The summed E-state index contributed by atoms with van der Waals surface area (Å²) in [7, 11) is 0. The van der Waals surface area contributed by atoms with Crippen molar-refractivity contribution in [1.29, 1.82) is 0 Å². The van der Waals surface area contributed by atoms with Crippen molar-refractivity contribution in [2.24, 2.45) is 0 Å². The van der Waals surface area contributed by atoms with Crippen LogP contribution < -0.4 is 16.0 Å². The number of carbonyl (C=O) groups excluding carboxylic acids is 2. The van der Waals surface area contributed by atoms with Gasteiger partial charge in [0, 0.05) is 23.9 Å². The SMILES string of the molecule is Cc1ccsc1CNC(=O)CCCNC(=O)NC1CCCCC1. The summed E-state index contributed by atoms with van der Waals surface area (Å²) in [4.78, 5) is 24.7. The molecule has 0 radical (unpaired) electrons. The van der Waals surface area contributed by atoms with Crippen LogP contribution in [-0.4, -0.2) is 24.5 Å². The average molecular weight is 337 g/mol. The van der Waals surface area contributed by atoms with Crippen LogP contribution in [-0.2, 0) is 11.3 Å². The fraction of sp³-hybridized carbons (Fsp3) is 0.647. The van der Waals surface area contributed by atoms with Gasteiger partial charge in [-0.2, -0.15) is 0 Å². The molecule has 0 aliphatic heterocycles. The summed E-state index contributed by atoms with van der Waals surface area (Å²) < 4.78 is 0. The van der Waals surface area contributed by atoms with Gasteiger partial charge in [0.15, 0.2) is 0 Å². The molecule has 2 rings (SSSR count). The molecule has 0 atom stereocenters. The van der Waals surface area contributed by atoms with Gasteiger partial charge in [0.25, 0.3) is 0 Å².